The molecule has 0 N–H and O–H groups in total. The highest BCUT2D eigenvalue weighted by molar-refractivity contribution is 7.23. The van der Waals surface area contributed by atoms with Crippen LogP contribution in [0.1, 0.15) is 28.8 Å². The van der Waals surface area contributed by atoms with Gasteiger partial charge in [-0.2, -0.15) is 0 Å². The third-order valence-electron chi connectivity index (χ3n) is 4.64. The molecule has 1 aliphatic rings. The Morgan fingerprint density at radius 3 is 2.96 bits per heavy atom. The zero-order valence-corrected chi connectivity index (χ0v) is 16.3. The van der Waals surface area contributed by atoms with Crippen molar-refractivity contribution in [2.24, 2.45) is 0 Å². The summed E-state index contributed by atoms with van der Waals surface area (Å²) < 4.78 is 20.2. The van der Waals surface area contributed by atoms with Crippen molar-refractivity contribution >= 4 is 44.2 Å². The summed E-state index contributed by atoms with van der Waals surface area (Å²) in [5.74, 6) is -0.737. The Bertz CT molecular complexity index is 962. The fourth-order valence-corrected chi connectivity index (χ4v) is 4.55. The number of carbonyl (C=O) groups excluding carboxylic acids is 1. The Morgan fingerprint density at radius 1 is 1.41 bits per heavy atom. The van der Waals surface area contributed by atoms with E-state index in [4.69, 9.17) is 16.3 Å². The van der Waals surface area contributed by atoms with Crippen LogP contribution >= 0.6 is 22.9 Å². The van der Waals surface area contributed by atoms with Crippen LogP contribution in [0.4, 0.5) is 9.52 Å². The van der Waals surface area contributed by atoms with E-state index < -0.39 is 5.82 Å². The van der Waals surface area contributed by atoms with Gasteiger partial charge in [0, 0.05) is 12.2 Å². The van der Waals surface area contributed by atoms with E-state index in [0.717, 1.165) is 28.6 Å². The first kappa shape index (κ1) is 18.3. The molecule has 1 aromatic heterocycles. The average Bonchev–Trinajstić information content (AvgIpc) is 3.32. The van der Waals surface area contributed by atoms with Crippen LogP contribution in [0, 0.1) is 12.7 Å². The van der Waals surface area contributed by atoms with E-state index in [-0.39, 0.29) is 17.6 Å². The van der Waals surface area contributed by atoms with Crippen LogP contribution < -0.4 is 4.90 Å². The van der Waals surface area contributed by atoms with Crippen LogP contribution in [0.25, 0.3) is 10.2 Å². The van der Waals surface area contributed by atoms with Gasteiger partial charge in [0.05, 0.1) is 27.9 Å². The summed E-state index contributed by atoms with van der Waals surface area (Å²) in [6.07, 6.45) is 1.81. The number of hydrogen-bond acceptors (Lipinski definition) is 4. The number of nitrogens with zero attached hydrogens (tertiary/aromatic N) is 2. The number of halogens is 2. The molecule has 0 saturated carbocycles. The molecular formula is C20H18ClFN2O2S. The highest BCUT2D eigenvalue weighted by atomic mass is 35.5. The smallest absolute Gasteiger partial charge is 0.260 e. The Balaban J connectivity index is 1.76. The predicted octanol–water partition coefficient (Wildman–Crippen LogP) is 5.22. The molecule has 1 unspecified atom stereocenters. The number of rotatable bonds is 4. The van der Waals surface area contributed by atoms with Crippen molar-refractivity contribution in [2.75, 3.05) is 18.1 Å². The van der Waals surface area contributed by atoms with Gasteiger partial charge in [0.2, 0.25) is 0 Å². The Hall–Kier alpha value is -2.02. The zero-order chi connectivity index (χ0) is 19.0. The monoisotopic (exact) mass is 404 g/mol. The summed E-state index contributed by atoms with van der Waals surface area (Å²) in [5, 5.41) is 1.15. The standard InChI is InChI=1S/C20H18ClFN2O2S/c1-12-7-8-16(21)18-17(12)23-20(27-18)24(11-15-6-3-9-26-15)19(25)13-4-2-5-14(22)10-13/h2,4-5,7-8,10,15H,3,6,9,11H2,1H3. The number of carbonyl (C=O) groups is 1. The lowest BCUT2D eigenvalue weighted by Gasteiger charge is -2.23. The molecule has 0 spiro atoms. The maximum atomic E-state index is 13.6. The number of benzene rings is 2. The molecule has 1 atom stereocenters. The van der Waals surface area contributed by atoms with Gasteiger partial charge >= 0.3 is 0 Å². The minimum Gasteiger partial charge on any atom is -0.376 e. The van der Waals surface area contributed by atoms with E-state index in [1.54, 1.807) is 11.0 Å². The molecular weight excluding hydrogens is 387 g/mol. The number of thiazole rings is 1. The SMILES string of the molecule is Cc1ccc(Cl)c2sc(N(CC3CCCO3)C(=O)c3cccc(F)c3)nc12. The van der Waals surface area contributed by atoms with Gasteiger partial charge in [-0.05, 0) is 49.6 Å². The van der Waals surface area contributed by atoms with Gasteiger partial charge in [-0.25, -0.2) is 9.37 Å². The lowest BCUT2D eigenvalue weighted by Crippen LogP contribution is -2.37. The van der Waals surface area contributed by atoms with Crippen molar-refractivity contribution in [3.05, 3.63) is 58.4 Å². The largest absolute Gasteiger partial charge is 0.376 e. The van der Waals surface area contributed by atoms with Gasteiger partial charge in [-0.3, -0.25) is 9.69 Å². The van der Waals surface area contributed by atoms with Gasteiger partial charge in [-0.15, -0.1) is 0 Å². The van der Waals surface area contributed by atoms with E-state index in [0.29, 0.717) is 23.3 Å². The first-order chi connectivity index (χ1) is 13.0. The fraction of sp³-hybridized carbons (Fsp3) is 0.300. The maximum Gasteiger partial charge on any atom is 0.260 e. The quantitative estimate of drug-likeness (QED) is 0.598. The molecule has 1 amide bonds. The van der Waals surface area contributed by atoms with Crippen molar-refractivity contribution in [2.45, 2.75) is 25.9 Å². The molecule has 1 saturated heterocycles. The summed E-state index contributed by atoms with van der Waals surface area (Å²) in [4.78, 5) is 19.4. The number of anilines is 1. The molecule has 0 radical (unpaired) electrons. The number of aromatic nitrogens is 1. The second-order valence-corrected chi connectivity index (χ2v) is 7.98. The molecule has 0 aliphatic carbocycles. The second kappa shape index (κ2) is 7.54. The lowest BCUT2D eigenvalue weighted by atomic mass is 10.1. The molecule has 1 fully saturated rings. The van der Waals surface area contributed by atoms with Crippen LogP contribution in [0.5, 0.6) is 0 Å². The Morgan fingerprint density at radius 2 is 2.26 bits per heavy atom. The molecule has 1 aliphatic heterocycles. The highest BCUT2D eigenvalue weighted by Gasteiger charge is 2.27. The predicted molar refractivity (Wildman–Crippen MR) is 106 cm³/mol. The van der Waals surface area contributed by atoms with Crippen LogP contribution in [0.3, 0.4) is 0 Å². The lowest BCUT2D eigenvalue weighted by molar-refractivity contribution is 0.0917. The third kappa shape index (κ3) is 3.70. The van der Waals surface area contributed by atoms with Crippen LogP contribution in [-0.2, 0) is 4.74 Å². The van der Waals surface area contributed by atoms with E-state index >= 15 is 0 Å². The summed E-state index contributed by atoms with van der Waals surface area (Å²) >= 11 is 7.70. The minimum atomic E-state index is -0.443. The second-order valence-electron chi connectivity index (χ2n) is 6.60. The normalized spacial score (nSPS) is 16.8. The molecule has 27 heavy (non-hydrogen) atoms. The van der Waals surface area contributed by atoms with Crippen molar-refractivity contribution < 1.29 is 13.9 Å². The summed E-state index contributed by atoms with van der Waals surface area (Å²) in [5.41, 5.74) is 2.06. The van der Waals surface area contributed by atoms with Crippen LogP contribution in [0.15, 0.2) is 36.4 Å². The molecule has 4 nitrogen and oxygen atoms in total. The molecule has 7 heteroatoms. The topological polar surface area (TPSA) is 42.4 Å². The molecule has 140 valence electrons. The first-order valence-electron chi connectivity index (χ1n) is 8.77. The number of aryl methyl sites for hydroxylation is 1. The van der Waals surface area contributed by atoms with Gasteiger partial charge in [-0.1, -0.05) is 35.1 Å². The number of amides is 1. The van der Waals surface area contributed by atoms with Crippen molar-refractivity contribution in [1.82, 2.24) is 4.98 Å². The minimum absolute atomic E-state index is 0.0499. The molecule has 3 aromatic rings. The Labute approximate surface area is 165 Å². The van der Waals surface area contributed by atoms with Crippen molar-refractivity contribution in [1.29, 1.82) is 0 Å². The van der Waals surface area contributed by atoms with Gasteiger partial charge in [0.25, 0.3) is 5.91 Å². The van der Waals surface area contributed by atoms with Crippen molar-refractivity contribution in [3.63, 3.8) is 0 Å². The van der Waals surface area contributed by atoms with Gasteiger partial charge in [0.15, 0.2) is 5.13 Å². The first-order valence-corrected chi connectivity index (χ1v) is 9.97. The molecule has 2 aromatic carbocycles. The maximum absolute atomic E-state index is 13.6. The molecule has 0 bridgehead atoms. The van der Waals surface area contributed by atoms with Crippen LogP contribution in [-0.4, -0.2) is 30.1 Å². The van der Waals surface area contributed by atoms with E-state index in [2.05, 4.69) is 4.98 Å². The van der Waals surface area contributed by atoms with E-state index in [1.165, 1.54) is 29.5 Å². The van der Waals surface area contributed by atoms with E-state index in [9.17, 15) is 9.18 Å². The Kier molecular flexibility index (Phi) is 5.12. The number of fused-ring (bicyclic) bond motifs is 1. The number of hydrogen-bond donors (Lipinski definition) is 0. The molecule has 4 rings (SSSR count). The fourth-order valence-electron chi connectivity index (χ4n) is 3.22. The molecule has 2 heterocycles. The van der Waals surface area contributed by atoms with Gasteiger partial charge in [0.1, 0.15) is 5.82 Å². The summed E-state index contributed by atoms with van der Waals surface area (Å²) in [7, 11) is 0. The summed E-state index contributed by atoms with van der Waals surface area (Å²) in [6.45, 7) is 3.03. The third-order valence-corrected chi connectivity index (χ3v) is 6.18. The average molecular weight is 405 g/mol. The summed E-state index contributed by atoms with van der Waals surface area (Å²) in [6, 6.07) is 9.46. The van der Waals surface area contributed by atoms with Crippen molar-refractivity contribution in [3.8, 4) is 0 Å². The van der Waals surface area contributed by atoms with Gasteiger partial charge < -0.3 is 4.74 Å². The highest BCUT2D eigenvalue weighted by Crippen LogP contribution is 2.36. The number of ether oxygens (including phenoxy) is 1. The van der Waals surface area contributed by atoms with E-state index in [1.807, 2.05) is 19.1 Å². The van der Waals surface area contributed by atoms with Crippen LogP contribution in [0.2, 0.25) is 5.02 Å². The zero-order valence-electron chi connectivity index (χ0n) is 14.7.